The lowest BCUT2D eigenvalue weighted by Crippen LogP contribution is -2.40. The van der Waals surface area contributed by atoms with Crippen molar-refractivity contribution in [2.75, 3.05) is 19.6 Å². The number of carbonyl (C=O) groups is 1. The smallest absolute Gasteiger partial charge is 0.216 e. The van der Waals surface area contributed by atoms with Crippen LogP contribution in [0.4, 0.5) is 8.78 Å². The lowest BCUT2D eigenvalue weighted by molar-refractivity contribution is -0.119. The van der Waals surface area contributed by atoms with E-state index in [1.165, 1.54) is 23.7 Å². The number of nitrogens with one attached hydrogen (secondary N) is 1. The maximum atomic E-state index is 14.5. The van der Waals surface area contributed by atoms with Crippen molar-refractivity contribution in [2.24, 2.45) is 5.92 Å². The zero-order valence-corrected chi connectivity index (χ0v) is 18.4. The van der Waals surface area contributed by atoms with Crippen molar-refractivity contribution in [1.82, 2.24) is 20.0 Å². The van der Waals surface area contributed by atoms with Gasteiger partial charge in [0.2, 0.25) is 5.91 Å². The van der Waals surface area contributed by atoms with Crippen molar-refractivity contribution < 1.29 is 13.6 Å². The number of hydrogen-bond acceptors (Lipinski definition) is 3. The van der Waals surface area contributed by atoms with E-state index in [1.807, 2.05) is 37.4 Å². The summed E-state index contributed by atoms with van der Waals surface area (Å²) in [6.07, 6.45) is 3.99. The Labute approximate surface area is 187 Å². The van der Waals surface area contributed by atoms with E-state index in [2.05, 4.69) is 10.2 Å². The summed E-state index contributed by atoms with van der Waals surface area (Å²) in [5, 5.41) is 7.64. The first-order chi connectivity index (χ1) is 15.4. The van der Waals surface area contributed by atoms with Crippen molar-refractivity contribution in [3.63, 3.8) is 0 Å². The molecule has 1 aliphatic rings. The molecule has 1 fully saturated rings. The zero-order chi connectivity index (χ0) is 22.7. The fourth-order valence-electron chi connectivity index (χ4n) is 4.37. The minimum atomic E-state index is -0.649. The maximum Gasteiger partial charge on any atom is 0.216 e. The summed E-state index contributed by atoms with van der Waals surface area (Å²) in [6.45, 7) is 6.75. The number of hydrogen-bond donors (Lipinski definition) is 1. The number of benzene rings is 2. The Morgan fingerprint density at radius 2 is 2.03 bits per heavy atom. The fraction of sp³-hybridized carbons (Fsp3) is 0.360. The molecule has 0 radical (unpaired) electrons. The van der Waals surface area contributed by atoms with Crippen molar-refractivity contribution in [2.45, 2.75) is 33.2 Å². The van der Waals surface area contributed by atoms with Crippen LogP contribution in [0.5, 0.6) is 0 Å². The monoisotopic (exact) mass is 438 g/mol. The summed E-state index contributed by atoms with van der Waals surface area (Å²) < 4.78 is 29.4. The van der Waals surface area contributed by atoms with Crippen LogP contribution in [0.15, 0.2) is 48.7 Å². The van der Waals surface area contributed by atoms with E-state index in [-0.39, 0.29) is 11.6 Å². The molecule has 1 N–H and O–H groups in total. The Morgan fingerprint density at radius 1 is 1.22 bits per heavy atom. The van der Waals surface area contributed by atoms with Crippen LogP contribution in [0.3, 0.4) is 0 Å². The number of aryl methyl sites for hydroxylation is 1. The number of piperidine rings is 1. The van der Waals surface area contributed by atoms with Crippen molar-refractivity contribution in [3.05, 3.63) is 71.4 Å². The molecule has 0 aliphatic carbocycles. The summed E-state index contributed by atoms with van der Waals surface area (Å²) in [5.41, 5.74) is 4.09. The molecular formula is C25H28F2N4O. The Hall–Kier alpha value is -3.06. The molecule has 5 nitrogen and oxygen atoms in total. The zero-order valence-electron chi connectivity index (χ0n) is 18.4. The van der Waals surface area contributed by atoms with Gasteiger partial charge < -0.3 is 5.32 Å². The number of rotatable bonds is 6. The Balaban J connectivity index is 1.65. The molecule has 1 atom stereocenters. The van der Waals surface area contributed by atoms with Gasteiger partial charge >= 0.3 is 0 Å². The fourth-order valence-corrected chi connectivity index (χ4v) is 4.37. The van der Waals surface area contributed by atoms with Crippen molar-refractivity contribution in [1.29, 1.82) is 0 Å². The summed E-state index contributed by atoms with van der Waals surface area (Å²) in [5.74, 6) is -0.870. The Bertz CT molecular complexity index is 1110. The molecule has 1 saturated heterocycles. The van der Waals surface area contributed by atoms with Gasteiger partial charge in [-0.15, -0.1) is 0 Å². The lowest BCUT2D eigenvalue weighted by atomic mass is 9.97. The predicted molar refractivity (Wildman–Crippen MR) is 120 cm³/mol. The molecule has 0 bridgehead atoms. The number of aromatic nitrogens is 2. The van der Waals surface area contributed by atoms with E-state index in [0.717, 1.165) is 54.4 Å². The highest BCUT2D eigenvalue weighted by molar-refractivity contribution is 5.72. The van der Waals surface area contributed by atoms with Crippen LogP contribution in [0.2, 0.25) is 0 Å². The van der Waals surface area contributed by atoms with Gasteiger partial charge in [-0.1, -0.05) is 24.3 Å². The SMILES string of the molecule is CC(=O)NCC1CCCN(Cc2cn(-c3ccc(F)cc3F)nc2-c2ccccc2C)C1. The summed E-state index contributed by atoms with van der Waals surface area (Å²) in [6, 6.07) is 11.5. The number of halogens is 2. The number of amides is 1. The number of likely N-dealkylation sites (tertiary alicyclic amines) is 1. The number of carbonyl (C=O) groups excluding carboxylic acids is 1. The molecule has 32 heavy (non-hydrogen) atoms. The quantitative estimate of drug-likeness (QED) is 0.618. The van der Waals surface area contributed by atoms with Crippen LogP contribution in [0.25, 0.3) is 16.9 Å². The van der Waals surface area contributed by atoms with Crippen LogP contribution in [-0.4, -0.2) is 40.2 Å². The topological polar surface area (TPSA) is 50.2 Å². The number of nitrogens with zero attached hydrogens (tertiary/aromatic N) is 3. The summed E-state index contributed by atoms with van der Waals surface area (Å²) >= 11 is 0. The minimum absolute atomic E-state index is 0.00781. The average Bonchev–Trinajstić information content (AvgIpc) is 3.16. The summed E-state index contributed by atoms with van der Waals surface area (Å²) in [4.78, 5) is 13.6. The largest absolute Gasteiger partial charge is 0.356 e. The van der Waals surface area contributed by atoms with E-state index in [0.29, 0.717) is 19.0 Å². The van der Waals surface area contributed by atoms with Crippen LogP contribution in [0, 0.1) is 24.5 Å². The third-order valence-electron chi connectivity index (χ3n) is 5.98. The molecule has 3 aromatic rings. The molecule has 1 amide bonds. The van der Waals surface area contributed by atoms with E-state index in [4.69, 9.17) is 5.10 Å². The second-order valence-corrected chi connectivity index (χ2v) is 8.54. The Kier molecular flexibility index (Phi) is 6.65. The van der Waals surface area contributed by atoms with Crippen molar-refractivity contribution in [3.8, 4) is 16.9 Å². The van der Waals surface area contributed by atoms with E-state index >= 15 is 0 Å². The second kappa shape index (κ2) is 9.61. The molecule has 4 rings (SSSR count). The molecular weight excluding hydrogens is 410 g/mol. The van der Waals surface area contributed by atoms with Crippen LogP contribution < -0.4 is 5.32 Å². The van der Waals surface area contributed by atoms with Gasteiger partial charge in [0.05, 0.1) is 5.69 Å². The molecule has 168 valence electrons. The van der Waals surface area contributed by atoms with Gasteiger partial charge in [-0.05, 0) is 49.9 Å². The first kappa shape index (κ1) is 22.1. The highest BCUT2D eigenvalue weighted by Gasteiger charge is 2.23. The predicted octanol–water partition coefficient (Wildman–Crippen LogP) is 4.47. The summed E-state index contributed by atoms with van der Waals surface area (Å²) in [7, 11) is 0. The third kappa shape index (κ3) is 5.05. The standard InChI is InChI=1S/C25H28F2N4O/c1-17-6-3-4-8-22(17)25-20(15-30-11-5-7-19(14-30)13-28-18(2)32)16-31(29-25)24-10-9-21(26)12-23(24)27/h3-4,6,8-10,12,16,19H,5,7,11,13-15H2,1-2H3,(H,28,32). The van der Waals surface area contributed by atoms with E-state index in [1.54, 1.807) is 0 Å². The van der Waals surface area contributed by atoms with Gasteiger partial charge in [0.1, 0.15) is 11.5 Å². The van der Waals surface area contributed by atoms with Gasteiger partial charge in [-0.2, -0.15) is 5.10 Å². The minimum Gasteiger partial charge on any atom is -0.356 e. The van der Waals surface area contributed by atoms with E-state index in [9.17, 15) is 13.6 Å². The molecule has 7 heteroatoms. The molecule has 1 aromatic heterocycles. The maximum absolute atomic E-state index is 14.5. The first-order valence-electron chi connectivity index (χ1n) is 11.0. The molecule has 1 unspecified atom stereocenters. The highest BCUT2D eigenvalue weighted by Crippen LogP contribution is 2.29. The van der Waals surface area contributed by atoms with E-state index < -0.39 is 11.6 Å². The van der Waals surface area contributed by atoms with Gasteiger partial charge in [-0.3, -0.25) is 9.69 Å². The van der Waals surface area contributed by atoms with Gasteiger partial charge in [-0.25, -0.2) is 13.5 Å². The highest BCUT2D eigenvalue weighted by atomic mass is 19.1. The van der Waals surface area contributed by atoms with Crippen molar-refractivity contribution >= 4 is 5.91 Å². The first-order valence-corrected chi connectivity index (χ1v) is 11.0. The molecule has 2 aromatic carbocycles. The molecule has 0 spiro atoms. The normalized spacial score (nSPS) is 16.8. The van der Waals surface area contributed by atoms with Gasteiger partial charge in [0.15, 0.2) is 5.82 Å². The van der Waals surface area contributed by atoms with Crippen LogP contribution in [-0.2, 0) is 11.3 Å². The third-order valence-corrected chi connectivity index (χ3v) is 5.98. The van der Waals surface area contributed by atoms with Gasteiger partial charge in [0, 0.05) is 49.9 Å². The second-order valence-electron chi connectivity index (χ2n) is 8.54. The molecule has 0 saturated carbocycles. The van der Waals surface area contributed by atoms with Crippen LogP contribution in [0.1, 0.15) is 30.9 Å². The average molecular weight is 439 g/mol. The lowest BCUT2D eigenvalue weighted by Gasteiger charge is -2.32. The van der Waals surface area contributed by atoms with Crippen LogP contribution >= 0.6 is 0 Å². The molecule has 1 aliphatic heterocycles. The van der Waals surface area contributed by atoms with Gasteiger partial charge in [0.25, 0.3) is 0 Å². The molecule has 2 heterocycles. The Morgan fingerprint density at radius 3 is 2.78 bits per heavy atom.